The molecule has 0 saturated carbocycles. The van der Waals surface area contributed by atoms with Crippen molar-refractivity contribution >= 4 is 17.8 Å². The smallest absolute Gasteiger partial charge is 0.325 e. The van der Waals surface area contributed by atoms with Crippen LogP contribution in [0.4, 0.5) is 4.79 Å². The van der Waals surface area contributed by atoms with Crippen LogP contribution in [-0.4, -0.2) is 52.1 Å². The van der Waals surface area contributed by atoms with Crippen LogP contribution in [0.25, 0.3) is 0 Å². The Balaban J connectivity index is 2.52. The fourth-order valence-corrected chi connectivity index (χ4v) is 1.71. The van der Waals surface area contributed by atoms with Gasteiger partial charge < -0.3 is 15.7 Å². The number of imide groups is 1. The van der Waals surface area contributed by atoms with Crippen LogP contribution >= 0.6 is 0 Å². The molecule has 7 nitrogen and oxygen atoms in total. The monoisotopic (exact) mass is 271 g/mol. The molecule has 0 aliphatic carbocycles. The molecule has 0 aromatic heterocycles. The lowest BCUT2D eigenvalue weighted by molar-refractivity contribution is -0.130. The van der Waals surface area contributed by atoms with Crippen LogP contribution < -0.4 is 10.6 Å². The fourth-order valence-electron chi connectivity index (χ4n) is 1.71. The highest BCUT2D eigenvalue weighted by atomic mass is 16.3. The molecule has 0 aromatic rings. The SMILES string of the molecule is CC(C)(CO)NC(=O)CCN1C(=O)NC(C)(C)C1=O. The van der Waals surface area contributed by atoms with E-state index >= 15 is 0 Å². The van der Waals surface area contributed by atoms with Crippen molar-refractivity contribution in [1.29, 1.82) is 0 Å². The number of hydrogen-bond donors (Lipinski definition) is 3. The number of nitrogens with one attached hydrogen (secondary N) is 2. The molecule has 0 unspecified atom stereocenters. The van der Waals surface area contributed by atoms with E-state index in [4.69, 9.17) is 5.11 Å². The summed E-state index contributed by atoms with van der Waals surface area (Å²) in [7, 11) is 0. The Morgan fingerprint density at radius 3 is 2.42 bits per heavy atom. The molecule has 4 amide bonds. The van der Waals surface area contributed by atoms with Gasteiger partial charge in [-0.2, -0.15) is 0 Å². The number of rotatable bonds is 5. The van der Waals surface area contributed by atoms with Crippen molar-refractivity contribution in [3.63, 3.8) is 0 Å². The Hall–Kier alpha value is -1.63. The van der Waals surface area contributed by atoms with Gasteiger partial charge in [0.1, 0.15) is 5.54 Å². The highest BCUT2D eigenvalue weighted by Crippen LogP contribution is 2.16. The third-order valence-electron chi connectivity index (χ3n) is 2.88. The highest BCUT2D eigenvalue weighted by molar-refractivity contribution is 6.06. The average Bonchev–Trinajstić information content (AvgIpc) is 2.46. The molecule has 0 atom stereocenters. The number of carbonyl (C=O) groups is 3. The van der Waals surface area contributed by atoms with Gasteiger partial charge in [-0.15, -0.1) is 0 Å². The van der Waals surface area contributed by atoms with Gasteiger partial charge in [0, 0.05) is 13.0 Å². The van der Waals surface area contributed by atoms with E-state index < -0.39 is 17.1 Å². The van der Waals surface area contributed by atoms with E-state index in [2.05, 4.69) is 10.6 Å². The molecule has 3 N–H and O–H groups in total. The Morgan fingerprint density at radius 2 is 2.00 bits per heavy atom. The summed E-state index contributed by atoms with van der Waals surface area (Å²) < 4.78 is 0. The first-order valence-electron chi connectivity index (χ1n) is 6.15. The molecule has 19 heavy (non-hydrogen) atoms. The fraction of sp³-hybridized carbons (Fsp3) is 0.750. The Morgan fingerprint density at radius 1 is 1.42 bits per heavy atom. The van der Waals surface area contributed by atoms with Gasteiger partial charge in [-0.05, 0) is 27.7 Å². The number of hydrogen-bond acceptors (Lipinski definition) is 4. The van der Waals surface area contributed by atoms with Gasteiger partial charge in [-0.25, -0.2) is 4.79 Å². The van der Waals surface area contributed by atoms with Crippen molar-refractivity contribution < 1.29 is 19.5 Å². The van der Waals surface area contributed by atoms with Crippen molar-refractivity contribution in [2.45, 2.75) is 45.2 Å². The van der Waals surface area contributed by atoms with Crippen LogP contribution in [0.2, 0.25) is 0 Å². The molecule has 1 rings (SSSR count). The van der Waals surface area contributed by atoms with Crippen LogP contribution in [0.5, 0.6) is 0 Å². The van der Waals surface area contributed by atoms with E-state index in [9.17, 15) is 14.4 Å². The van der Waals surface area contributed by atoms with Gasteiger partial charge in [0.25, 0.3) is 5.91 Å². The molecule has 1 aliphatic heterocycles. The zero-order valence-corrected chi connectivity index (χ0v) is 11.7. The summed E-state index contributed by atoms with van der Waals surface area (Å²) >= 11 is 0. The highest BCUT2D eigenvalue weighted by Gasteiger charge is 2.44. The van der Waals surface area contributed by atoms with E-state index in [1.165, 1.54) is 0 Å². The summed E-state index contributed by atoms with van der Waals surface area (Å²) in [4.78, 5) is 36.1. The molecule has 108 valence electrons. The maximum Gasteiger partial charge on any atom is 0.325 e. The number of urea groups is 1. The van der Waals surface area contributed by atoms with E-state index in [1.807, 2.05) is 0 Å². The maximum atomic E-state index is 11.9. The minimum Gasteiger partial charge on any atom is -0.394 e. The molecular weight excluding hydrogens is 250 g/mol. The molecule has 1 heterocycles. The topological polar surface area (TPSA) is 98.7 Å². The molecule has 1 saturated heterocycles. The van der Waals surface area contributed by atoms with Crippen LogP contribution in [0.1, 0.15) is 34.1 Å². The van der Waals surface area contributed by atoms with Crippen LogP contribution in [0, 0.1) is 0 Å². The first-order valence-corrected chi connectivity index (χ1v) is 6.15. The molecule has 0 spiro atoms. The molecule has 0 bridgehead atoms. The molecule has 1 aliphatic rings. The summed E-state index contributed by atoms with van der Waals surface area (Å²) in [6.07, 6.45) is 0.0126. The van der Waals surface area contributed by atoms with Crippen molar-refractivity contribution in [2.24, 2.45) is 0 Å². The lowest BCUT2D eigenvalue weighted by Gasteiger charge is -2.24. The Bertz CT molecular complexity index is 404. The van der Waals surface area contributed by atoms with E-state index in [1.54, 1.807) is 27.7 Å². The standard InChI is InChI=1S/C12H21N3O4/c1-11(2,7-16)13-8(17)5-6-15-9(18)12(3,4)14-10(15)19/h16H,5-7H2,1-4H3,(H,13,17)(H,14,19). The Labute approximate surface area is 112 Å². The van der Waals surface area contributed by atoms with E-state index in [0.717, 1.165) is 4.90 Å². The number of amides is 4. The van der Waals surface area contributed by atoms with Crippen LogP contribution in [0.3, 0.4) is 0 Å². The summed E-state index contributed by atoms with van der Waals surface area (Å²) in [5, 5.41) is 14.2. The van der Waals surface area contributed by atoms with Crippen LogP contribution in [0.15, 0.2) is 0 Å². The van der Waals surface area contributed by atoms with Gasteiger partial charge >= 0.3 is 6.03 Å². The third-order valence-corrected chi connectivity index (χ3v) is 2.88. The summed E-state index contributed by atoms with van der Waals surface area (Å²) in [5.74, 6) is -0.656. The number of aliphatic hydroxyl groups excluding tert-OH is 1. The van der Waals surface area contributed by atoms with Gasteiger partial charge in [0.15, 0.2) is 0 Å². The normalized spacial score (nSPS) is 18.5. The van der Waals surface area contributed by atoms with Gasteiger partial charge in [-0.1, -0.05) is 0 Å². The minimum absolute atomic E-state index is 0.0126. The summed E-state index contributed by atoms with van der Waals surface area (Å²) in [5.41, 5.74) is -1.63. The first kappa shape index (κ1) is 15.4. The second-order valence-electron chi connectivity index (χ2n) is 5.85. The third kappa shape index (κ3) is 3.66. The van der Waals surface area contributed by atoms with E-state index in [0.29, 0.717) is 0 Å². The first-order chi connectivity index (χ1) is 8.59. The average molecular weight is 271 g/mol. The summed E-state index contributed by atoms with van der Waals surface area (Å²) in [6.45, 7) is 6.43. The predicted molar refractivity (Wildman–Crippen MR) is 68.2 cm³/mol. The predicted octanol–water partition coefficient (Wildman–Crippen LogP) is -0.406. The van der Waals surface area contributed by atoms with Crippen LogP contribution in [-0.2, 0) is 9.59 Å². The van der Waals surface area contributed by atoms with Crippen molar-refractivity contribution in [3.05, 3.63) is 0 Å². The van der Waals surface area contributed by atoms with Crippen molar-refractivity contribution in [3.8, 4) is 0 Å². The lowest BCUT2D eigenvalue weighted by Crippen LogP contribution is -2.47. The van der Waals surface area contributed by atoms with E-state index in [-0.39, 0.29) is 31.4 Å². The number of carbonyl (C=O) groups excluding carboxylic acids is 3. The zero-order chi connectivity index (χ0) is 14.8. The molecule has 7 heteroatoms. The second kappa shape index (κ2) is 5.16. The number of aliphatic hydroxyl groups is 1. The van der Waals surface area contributed by atoms with Gasteiger partial charge in [0.2, 0.25) is 5.91 Å². The minimum atomic E-state index is -0.919. The molecular formula is C12H21N3O4. The van der Waals surface area contributed by atoms with Crippen molar-refractivity contribution in [1.82, 2.24) is 15.5 Å². The Kier molecular flexibility index (Phi) is 4.19. The molecule has 1 fully saturated rings. The molecule has 0 radical (unpaired) electrons. The van der Waals surface area contributed by atoms with Gasteiger partial charge in [-0.3, -0.25) is 14.5 Å². The quantitative estimate of drug-likeness (QED) is 0.592. The number of nitrogens with zero attached hydrogens (tertiary/aromatic N) is 1. The van der Waals surface area contributed by atoms with Crippen molar-refractivity contribution in [2.75, 3.05) is 13.2 Å². The lowest BCUT2D eigenvalue weighted by atomic mass is 10.1. The summed E-state index contributed by atoms with van der Waals surface area (Å²) in [6, 6.07) is -0.482. The largest absolute Gasteiger partial charge is 0.394 e. The molecule has 0 aromatic carbocycles. The zero-order valence-electron chi connectivity index (χ0n) is 11.7. The van der Waals surface area contributed by atoms with Gasteiger partial charge in [0.05, 0.1) is 12.1 Å². The maximum absolute atomic E-state index is 11.9. The second-order valence-corrected chi connectivity index (χ2v) is 5.85.